The molecule has 0 amide bonds. The molecule has 0 atom stereocenters. The maximum atomic E-state index is 13.7. The number of nitrogens with one attached hydrogen (secondary N) is 1. The Bertz CT molecular complexity index is 509. The second-order valence-electron chi connectivity index (χ2n) is 6.70. The fourth-order valence-electron chi connectivity index (χ4n) is 3.79. The second kappa shape index (κ2) is 5.48. The van der Waals surface area contributed by atoms with E-state index in [0.29, 0.717) is 6.04 Å². The van der Waals surface area contributed by atoms with Crippen LogP contribution >= 0.6 is 0 Å². The van der Waals surface area contributed by atoms with Gasteiger partial charge in [-0.15, -0.1) is 0 Å². The summed E-state index contributed by atoms with van der Waals surface area (Å²) < 4.78 is 13.7. The van der Waals surface area contributed by atoms with Gasteiger partial charge in [0.1, 0.15) is 5.82 Å². The van der Waals surface area contributed by atoms with Crippen molar-refractivity contribution in [3.8, 4) is 0 Å². The van der Waals surface area contributed by atoms with E-state index in [0.717, 1.165) is 44.3 Å². The molecule has 3 aliphatic rings. The lowest BCUT2D eigenvalue weighted by Crippen LogP contribution is -2.45. The van der Waals surface area contributed by atoms with Crippen LogP contribution in [0.25, 0.3) is 0 Å². The molecule has 21 heavy (non-hydrogen) atoms. The molecule has 0 unspecified atom stereocenters. The van der Waals surface area contributed by atoms with Crippen LogP contribution in [0.5, 0.6) is 0 Å². The average molecular weight is 289 g/mol. The molecule has 4 rings (SSSR count). The largest absolute Gasteiger partial charge is 0.368 e. The zero-order valence-electron chi connectivity index (χ0n) is 12.5. The number of halogens is 1. The molecule has 0 radical (unpaired) electrons. The molecule has 114 valence electrons. The highest BCUT2D eigenvalue weighted by molar-refractivity contribution is 5.74. The van der Waals surface area contributed by atoms with Crippen molar-refractivity contribution in [2.24, 2.45) is 5.92 Å². The first kappa shape index (κ1) is 13.4. The Morgan fingerprint density at radius 2 is 1.86 bits per heavy atom. The zero-order chi connectivity index (χ0) is 14.2. The van der Waals surface area contributed by atoms with Crippen LogP contribution in [0.1, 0.15) is 25.7 Å². The van der Waals surface area contributed by atoms with Gasteiger partial charge in [0.15, 0.2) is 0 Å². The molecule has 1 N–H and O–H groups in total. The monoisotopic (exact) mass is 289 g/mol. The van der Waals surface area contributed by atoms with Crippen molar-refractivity contribution in [1.82, 2.24) is 5.32 Å². The summed E-state index contributed by atoms with van der Waals surface area (Å²) in [5.74, 6) is 0.666. The van der Waals surface area contributed by atoms with E-state index in [1.165, 1.54) is 31.4 Å². The van der Waals surface area contributed by atoms with Crippen molar-refractivity contribution in [1.29, 1.82) is 0 Å². The molecule has 2 fully saturated rings. The molecule has 1 aliphatic carbocycles. The SMILES string of the molecule is Fc1ccc2c(c1)N(C1CC1)CCN2CC1CCNCC1. The number of rotatable bonds is 3. The van der Waals surface area contributed by atoms with Crippen LogP contribution in [-0.2, 0) is 0 Å². The van der Waals surface area contributed by atoms with Gasteiger partial charge in [0.2, 0.25) is 0 Å². The molecule has 4 heteroatoms. The van der Waals surface area contributed by atoms with Gasteiger partial charge >= 0.3 is 0 Å². The van der Waals surface area contributed by atoms with Crippen molar-refractivity contribution < 1.29 is 4.39 Å². The van der Waals surface area contributed by atoms with E-state index in [4.69, 9.17) is 0 Å². The lowest BCUT2D eigenvalue weighted by Gasteiger charge is -2.41. The van der Waals surface area contributed by atoms with E-state index in [9.17, 15) is 4.39 Å². The Labute approximate surface area is 126 Å². The average Bonchev–Trinajstić information content (AvgIpc) is 3.33. The molecule has 0 aromatic heterocycles. The van der Waals surface area contributed by atoms with Gasteiger partial charge < -0.3 is 15.1 Å². The van der Waals surface area contributed by atoms with Crippen LogP contribution < -0.4 is 15.1 Å². The van der Waals surface area contributed by atoms with Gasteiger partial charge in [0.05, 0.1) is 11.4 Å². The molecular formula is C17H24FN3. The Hall–Kier alpha value is -1.29. The van der Waals surface area contributed by atoms with Gasteiger partial charge in [-0.3, -0.25) is 0 Å². The number of piperidine rings is 1. The Balaban J connectivity index is 1.57. The summed E-state index contributed by atoms with van der Waals surface area (Å²) in [6.07, 6.45) is 5.06. The Kier molecular flexibility index (Phi) is 3.49. The summed E-state index contributed by atoms with van der Waals surface area (Å²) in [5.41, 5.74) is 2.37. The number of anilines is 2. The van der Waals surface area contributed by atoms with Gasteiger partial charge in [-0.1, -0.05) is 0 Å². The number of hydrogen-bond donors (Lipinski definition) is 1. The number of benzene rings is 1. The number of fused-ring (bicyclic) bond motifs is 1. The normalized spacial score (nSPS) is 23.3. The molecule has 3 nitrogen and oxygen atoms in total. The minimum atomic E-state index is -0.108. The zero-order valence-corrected chi connectivity index (χ0v) is 12.5. The van der Waals surface area contributed by atoms with Crippen LogP contribution in [0.15, 0.2) is 18.2 Å². The molecule has 1 aromatic carbocycles. The first-order valence-electron chi connectivity index (χ1n) is 8.33. The third-order valence-corrected chi connectivity index (χ3v) is 5.12. The smallest absolute Gasteiger partial charge is 0.125 e. The quantitative estimate of drug-likeness (QED) is 0.923. The van der Waals surface area contributed by atoms with Gasteiger partial charge in [-0.05, 0) is 62.9 Å². The molecule has 0 bridgehead atoms. The van der Waals surface area contributed by atoms with E-state index in [-0.39, 0.29) is 5.82 Å². The second-order valence-corrected chi connectivity index (χ2v) is 6.70. The first-order chi connectivity index (χ1) is 10.3. The van der Waals surface area contributed by atoms with Crippen LogP contribution in [-0.4, -0.2) is 38.8 Å². The van der Waals surface area contributed by atoms with E-state index in [1.807, 2.05) is 6.07 Å². The first-order valence-corrected chi connectivity index (χ1v) is 8.33. The molecule has 1 saturated carbocycles. The summed E-state index contributed by atoms with van der Waals surface area (Å²) in [5, 5.41) is 3.43. The minimum absolute atomic E-state index is 0.108. The summed E-state index contributed by atoms with van der Waals surface area (Å²) in [6.45, 7) is 5.54. The van der Waals surface area contributed by atoms with Crippen molar-refractivity contribution in [3.05, 3.63) is 24.0 Å². The van der Waals surface area contributed by atoms with Gasteiger partial charge in [0.25, 0.3) is 0 Å². The number of hydrogen-bond acceptors (Lipinski definition) is 3. The van der Waals surface area contributed by atoms with Crippen molar-refractivity contribution >= 4 is 11.4 Å². The van der Waals surface area contributed by atoms with E-state index >= 15 is 0 Å². The lowest BCUT2D eigenvalue weighted by atomic mass is 9.96. The van der Waals surface area contributed by atoms with Crippen LogP contribution in [0.3, 0.4) is 0 Å². The van der Waals surface area contributed by atoms with Crippen molar-refractivity contribution in [3.63, 3.8) is 0 Å². The van der Waals surface area contributed by atoms with Crippen molar-refractivity contribution in [2.45, 2.75) is 31.7 Å². The van der Waals surface area contributed by atoms with E-state index < -0.39 is 0 Å². The highest BCUT2D eigenvalue weighted by Crippen LogP contribution is 2.40. The molecule has 2 heterocycles. The third-order valence-electron chi connectivity index (χ3n) is 5.12. The topological polar surface area (TPSA) is 18.5 Å². The third kappa shape index (κ3) is 2.73. The van der Waals surface area contributed by atoms with Crippen LogP contribution in [0, 0.1) is 11.7 Å². The van der Waals surface area contributed by atoms with Crippen LogP contribution in [0.4, 0.5) is 15.8 Å². The Morgan fingerprint density at radius 1 is 1.05 bits per heavy atom. The Morgan fingerprint density at radius 3 is 2.62 bits per heavy atom. The summed E-state index contributed by atoms with van der Waals surface area (Å²) in [7, 11) is 0. The highest BCUT2D eigenvalue weighted by atomic mass is 19.1. The fourth-order valence-corrected chi connectivity index (χ4v) is 3.79. The van der Waals surface area contributed by atoms with Gasteiger partial charge in [-0.2, -0.15) is 0 Å². The molecule has 1 saturated heterocycles. The highest BCUT2D eigenvalue weighted by Gasteiger charge is 2.34. The van der Waals surface area contributed by atoms with Crippen LogP contribution in [0.2, 0.25) is 0 Å². The maximum absolute atomic E-state index is 13.7. The van der Waals surface area contributed by atoms with Gasteiger partial charge in [0, 0.05) is 25.7 Å². The summed E-state index contributed by atoms with van der Waals surface area (Å²) >= 11 is 0. The molecular weight excluding hydrogens is 265 g/mol. The predicted octanol–water partition coefficient (Wildman–Crippen LogP) is 2.61. The van der Waals surface area contributed by atoms with Gasteiger partial charge in [-0.25, -0.2) is 4.39 Å². The molecule has 1 aromatic rings. The standard InChI is InChI=1S/C17H24FN3/c18-14-1-4-16-17(11-14)21(15-2-3-15)10-9-20(16)12-13-5-7-19-8-6-13/h1,4,11,13,15,19H,2-3,5-10,12H2. The minimum Gasteiger partial charge on any atom is -0.368 e. The summed E-state index contributed by atoms with van der Waals surface area (Å²) in [4.78, 5) is 4.92. The maximum Gasteiger partial charge on any atom is 0.125 e. The van der Waals surface area contributed by atoms with Crippen molar-refractivity contribution in [2.75, 3.05) is 42.5 Å². The van der Waals surface area contributed by atoms with E-state index in [1.54, 1.807) is 12.1 Å². The predicted molar refractivity (Wildman–Crippen MR) is 84.6 cm³/mol. The van der Waals surface area contributed by atoms with E-state index in [2.05, 4.69) is 15.1 Å². The number of nitrogens with zero attached hydrogens (tertiary/aromatic N) is 2. The molecule has 2 aliphatic heterocycles. The summed E-state index contributed by atoms with van der Waals surface area (Å²) in [6, 6.07) is 6.00. The fraction of sp³-hybridized carbons (Fsp3) is 0.647. The molecule has 0 spiro atoms. The lowest BCUT2D eigenvalue weighted by molar-refractivity contribution is 0.372.